The average Bonchev–Trinajstić information content (AvgIpc) is 2.98. The van der Waals surface area contributed by atoms with E-state index < -0.39 is 5.97 Å². The van der Waals surface area contributed by atoms with Gasteiger partial charge in [-0.3, -0.25) is 0 Å². The minimum absolute atomic E-state index is 0.292. The van der Waals surface area contributed by atoms with E-state index in [1.165, 1.54) is 10.5 Å². The van der Waals surface area contributed by atoms with Crippen LogP contribution in [0.1, 0.15) is 23.1 Å². The molecule has 0 spiro atoms. The Morgan fingerprint density at radius 3 is 2.39 bits per heavy atom. The molecule has 0 atom stereocenters. The Morgan fingerprint density at radius 1 is 1.14 bits per heavy atom. The van der Waals surface area contributed by atoms with Crippen LogP contribution in [0.4, 0.5) is 5.69 Å². The van der Waals surface area contributed by atoms with Crippen LogP contribution in [0, 0.1) is 13.5 Å². The van der Waals surface area contributed by atoms with Gasteiger partial charge in [0.15, 0.2) is 0 Å². The van der Waals surface area contributed by atoms with Crippen LogP contribution in [0.25, 0.3) is 27.1 Å². The van der Waals surface area contributed by atoms with Crippen LogP contribution in [-0.2, 0) is 11.8 Å². The number of benzene rings is 2. The highest BCUT2D eigenvalue weighted by Crippen LogP contribution is 2.40. The number of carbonyl (C=O) groups is 1. The predicted molar refractivity (Wildman–Crippen MR) is 115 cm³/mol. The summed E-state index contributed by atoms with van der Waals surface area (Å²) < 4.78 is 6.99. The number of aromatic nitrogens is 1. The largest absolute Gasteiger partial charge is 0.461 e. The van der Waals surface area contributed by atoms with Gasteiger partial charge in [0.1, 0.15) is 5.69 Å². The monoisotopic (exact) mass is 390 g/mol. The molecule has 1 heterocycles. The van der Waals surface area contributed by atoms with Crippen molar-refractivity contribution in [2.45, 2.75) is 18.7 Å². The molecule has 1 aromatic heterocycles. The second-order valence-corrected chi connectivity index (χ2v) is 7.17. The Kier molecular flexibility index (Phi) is 5.91. The molecule has 0 saturated carbocycles. The van der Waals surface area contributed by atoms with Gasteiger partial charge in [0.05, 0.1) is 13.2 Å². The summed E-state index contributed by atoms with van der Waals surface area (Å²) in [6.45, 7) is 11.5. The Balaban J connectivity index is 2.13. The van der Waals surface area contributed by atoms with Gasteiger partial charge in [0, 0.05) is 23.2 Å². The summed E-state index contributed by atoms with van der Waals surface area (Å²) in [5.74, 6) is -0.408. The Bertz CT molecular complexity index is 1060. The molecule has 0 fully saturated rings. The van der Waals surface area contributed by atoms with Crippen LogP contribution < -0.4 is 0 Å². The molecule has 0 radical (unpaired) electrons. The molecule has 0 saturated heterocycles. The summed E-state index contributed by atoms with van der Waals surface area (Å²) in [5.41, 5.74) is 5.40. The molecule has 28 heavy (non-hydrogen) atoms. The Morgan fingerprint density at radius 2 is 1.79 bits per heavy atom. The van der Waals surface area contributed by atoms with Gasteiger partial charge in [-0.2, -0.15) is 0 Å². The van der Waals surface area contributed by atoms with Gasteiger partial charge in [-0.25, -0.2) is 9.64 Å². The summed E-state index contributed by atoms with van der Waals surface area (Å²) in [7, 11) is 1.79. The first-order valence-electron chi connectivity index (χ1n) is 9.01. The van der Waals surface area contributed by atoms with Crippen molar-refractivity contribution >= 4 is 23.4 Å². The summed E-state index contributed by atoms with van der Waals surface area (Å²) >= 11 is 1.71. The first-order valence-corrected chi connectivity index (χ1v) is 10.2. The molecular weight excluding hydrogens is 368 g/mol. The topological polar surface area (TPSA) is 35.6 Å². The van der Waals surface area contributed by atoms with Crippen LogP contribution in [0.15, 0.2) is 53.4 Å². The highest BCUT2D eigenvalue weighted by Gasteiger charge is 2.25. The van der Waals surface area contributed by atoms with E-state index >= 15 is 0 Å². The third kappa shape index (κ3) is 3.44. The average molecular weight is 391 g/mol. The molecule has 0 unspecified atom stereocenters. The fourth-order valence-corrected chi connectivity index (χ4v) is 3.96. The number of hydrogen-bond acceptors (Lipinski definition) is 3. The number of thioether (sulfide) groups is 1. The van der Waals surface area contributed by atoms with E-state index in [1.807, 2.05) is 43.3 Å². The molecule has 0 aliphatic rings. The third-order valence-corrected chi connectivity index (χ3v) is 5.62. The summed E-state index contributed by atoms with van der Waals surface area (Å²) in [5, 5.41) is 0. The third-order valence-electron chi connectivity index (χ3n) is 4.83. The molecule has 0 aliphatic carbocycles. The van der Waals surface area contributed by atoms with Crippen molar-refractivity contribution in [1.29, 1.82) is 0 Å². The van der Waals surface area contributed by atoms with Gasteiger partial charge in [0.25, 0.3) is 0 Å². The Hall–Kier alpha value is -2.97. The van der Waals surface area contributed by atoms with Gasteiger partial charge >= 0.3 is 5.97 Å². The van der Waals surface area contributed by atoms with Crippen molar-refractivity contribution in [3.05, 3.63) is 71.3 Å². The normalized spacial score (nSPS) is 10.5. The maximum absolute atomic E-state index is 12.6. The molecule has 3 rings (SSSR count). The van der Waals surface area contributed by atoms with E-state index in [1.54, 1.807) is 30.3 Å². The molecule has 142 valence electrons. The van der Waals surface area contributed by atoms with Gasteiger partial charge in [-0.05, 0) is 42.9 Å². The zero-order chi connectivity index (χ0) is 20.3. The van der Waals surface area contributed by atoms with Crippen molar-refractivity contribution in [2.75, 3.05) is 12.9 Å². The molecule has 0 bridgehead atoms. The van der Waals surface area contributed by atoms with E-state index in [2.05, 4.69) is 23.2 Å². The summed E-state index contributed by atoms with van der Waals surface area (Å²) in [6.07, 6.45) is 2.06. The minimum atomic E-state index is -0.408. The lowest BCUT2D eigenvalue weighted by Crippen LogP contribution is -2.11. The molecular formula is C23H22N2O2S. The molecule has 5 heteroatoms. The van der Waals surface area contributed by atoms with E-state index in [0.717, 1.165) is 16.8 Å². The summed E-state index contributed by atoms with van der Waals surface area (Å²) in [6, 6.07) is 16.3. The number of ether oxygens (including phenoxy) is 1. The van der Waals surface area contributed by atoms with Gasteiger partial charge in [-0.1, -0.05) is 42.5 Å². The number of hydrogen-bond donors (Lipinski definition) is 0. The van der Waals surface area contributed by atoms with E-state index in [-0.39, 0.29) is 0 Å². The highest BCUT2D eigenvalue weighted by atomic mass is 32.2. The maximum Gasteiger partial charge on any atom is 0.354 e. The predicted octanol–water partition coefficient (Wildman–Crippen LogP) is 6.12. The number of nitrogens with zero attached hydrogens (tertiary/aromatic N) is 2. The first kappa shape index (κ1) is 19.8. The lowest BCUT2D eigenvalue weighted by molar-refractivity contribution is 0.0516. The maximum atomic E-state index is 12.6. The fraction of sp³-hybridized carbons (Fsp3) is 0.217. The van der Waals surface area contributed by atoms with E-state index in [9.17, 15) is 4.79 Å². The molecule has 0 N–H and O–H groups in total. The molecule has 4 nitrogen and oxygen atoms in total. The quantitative estimate of drug-likeness (QED) is 0.299. The van der Waals surface area contributed by atoms with Crippen molar-refractivity contribution in [3.63, 3.8) is 0 Å². The van der Waals surface area contributed by atoms with Gasteiger partial charge in [-0.15, -0.1) is 11.8 Å². The first-order chi connectivity index (χ1) is 13.5. The van der Waals surface area contributed by atoms with Crippen LogP contribution in [-0.4, -0.2) is 23.4 Å². The van der Waals surface area contributed by atoms with Crippen LogP contribution in [0.3, 0.4) is 0 Å². The molecule has 2 aromatic carbocycles. The second-order valence-electron chi connectivity index (χ2n) is 6.33. The van der Waals surface area contributed by atoms with Crippen molar-refractivity contribution in [3.8, 4) is 22.3 Å². The zero-order valence-electron chi connectivity index (χ0n) is 16.4. The zero-order valence-corrected chi connectivity index (χ0v) is 17.3. The van der Waals surface area contributed by atoms with E-state index in [4.69, 9.17) is 11.3 Å². The lowest BCUT2D eigenvalue weighted by atomic mass is 9.99. The van der Waals surface area contributed by atoms with Crippen LogP contribution >= 0.6 is 11.8 Å². The van der Waals surface area contributed by atoms with Crippen molar-refractivity contribution in [1.82, 2.24) is 4.57 Å². The van der Waals surface area contributed by atoms with E-state index in [0.29, 0.717) is 23.6 Å². The second kappa shape index (κ2) is 8.37. The fourth-order valence-electron chi connectivity index (χ4n) is 3.34. The minimum Gasteiger partial charge on any atom is -0.461 e. The SMILES string of the molecule is [C-]#[N+]c1c(-c2ccc(-c3ccccc3SC)cc2)c(C(=O)OCC)n(C)c1C. The smallest absolute Gasteiger partial charge is 0.354 e. The summed E-state index contributed by atoms with van der Waals surface area (Å²) in [4.78, 5) is 17.5. The molecule has 0 amide bonds. The molecule has 0 aliphatic heterocycles. The molecule has 3 aromatic rings. The standard InChI is InChI=1S/C23H22N2O2S/c1-6-27-23(26)22-20(21(24-3)15(2)25(22)4)17-13-11-16(12-14-17)18-9-7-8-10-19(18)28-5/h7-14H,6H2,1-2,4-5H3. The lowest BCUT2D eigenvalue weighted by Gasteiger charge is -2.10. The number of rotatable bonds is 5. The highest BCUT2D eigenvalue weighted by molar-refractivity contribution is 7.98. The number of carbonyl (C=O) groups excluding carboxylic acids is 1. The Labute approximate surface area is 170 Å². The van der Waals surface area contributed by atoms with Crippen LogP contribution in [0.5, 0.6) is 0 Å². The van der Waals surface area contributed by atoms with Gasteiger partial charge in [0.2, 0.25) is 5.69 Å². The van der Waals surface area contributed by atoms with Crippen molar-refractivity contribution < 1.29 is 9.53 Å². The van der Waals surface area contributed by atoms with Crippen LogP contribution in [0.2, 0.25) is 0 Å². The van der Waals surface area contributed by atoms with Gasteiger partial charge < -0.3 is 9.30 Å². The van der Waals surface area contributed by atoms with Crippen molar-refractivity contribution in [2.24, 2.45) is 7.05 Å². The number of esters is 1.